The lowest BCUT2D eigenvalue weighted by molar-refractivity contribution is 0.703. The van der Waals surface area contributed by atoms with Crippen LogP contribution in [0.2, 0.25) is 0 Å². The average molecular weight is 226 g/mol. The summed E-state index contributed by atoms with van der Waals surface area (Å²) in [5, 5.41) is 0. The first-order valence-corrected chi connectivity index (χ1v) is 6.58. The summed E-state index contributed by atoms with van der Waals surface area (Å²) in [6.07, 6.45) is 3.55. The van der Waals surface area contributed by atoms with Gasteiger partial charge in [0.05, 0.1) is 0 Å². The van der Waals surface area contributed by atoms with Gasteiger partial charge in [-0.2, -0.15) is 0 Å². The Morgan fingerprint density at radius 2 is 1.53 bits per heavy atom. The van der Waals surface area contributed by atoms with E-state index in [9.17, 15) is 0 Å². The number of hydrogen-bond donors (Lipinski definition) is 0. The molecule has 1 aromatic carbocycles. The summed E-state index contributed by atoms with van der Waals surface area (Å²) < 4.78 is 0. The van der Waals surface area contributed by atoms with Crippen LogP contribution < -0.4 is 0 Å². The van der Waals surface area contributed by atoms with Gasteiger partial charge in [0.25, 0.3) is 0 Å². The Morgan fingerprint density at radius 3 is 2.00 bits per heavy atom. The molecule has 0 heterocycles. The van der Waals surface area contributed by atoms with Gasteiger partial charge in [0.2, 0.25) is 0 Å². The maximum absolute atomic E-state index is 2.41. The molecule has 0 aliphatic heterocycles. The van der Waals surface area contributed by atoms with Crippen molar-refractivity contribution in [3.63, 3.8) is 0 Å². The monoisotopic (exact) mass is 226 g/mol. The van der Waals surface area contributed by atoms with Crippen molar-refractivity contribution in [1.82, 2.24) is 0 Å². The maximum atomic E-state index is 2.41. The van der Waals surface area contributed by atoms with Gasteiger partial charge in [-0.1, -0.05) is 69.7 Å². The van der Waals surface area contributed by atoms with Crippen LogP contribution in [0.3, 0.4) is 0 Å². The van der Waals surface area contributed by atoms with E-state index < -0.39 is 0 Å². The van der Waals surface area contributed by atoms with Crippen molar-refractivity contribution < 1.29 is 0 Å². The molecule has 0 saturated heterocycles. The first-order chi connectivity index (χ1) is 8.09. The van der Waals surface area contributed by atoms with Gasteiger partial charge in [-0.25, -0.2) is 0 Å². The van der Waals surface area contributed by atoms with E-state index in [1.54, 1.807) is 11.1 Å². The van der Waals surface area contributed by atoms with Crippen molar-refractivity contribution in [1.29, 1.82) is 0 Å². The minimum atomic E-state index is 0.633. The SMILES string of the molecule is CC(C)C1=C(C(C)C)CC(c2ccccc2)=C1. The highest BCUT2D eigenvalue weighted by molar-refractivity contribution is 5.74. The van der Waals surface area contributed by atoms with E-state index >= 15 is 0 Å². The fraction of sp³-hybridized carbons (Fsp3) is 0.412. The van der Waals surface area contributed by atoms with Gasteiger partial charge in [-0.05, 0) is 35.0 Å². The minimum absolute atomic E-state index is 0.633. The van der Waals surface area contributed by atoms with E-state index in [1.807, 2.05) is 0 Å². The van der Waals surface area contributed by atoms with Gasteiger partial charge in [0, 0.05) is 0 Å². The van der Waals surface area contributed by atoms with E-state index in [2.05, 4.69) is 64.1 Å². The number of allylic oxidation sites excluding steroid dienone is 4. The molecule has 1 aliphatic carbocycles. The van der Waals surface area contributed by atoms with E-state index in [0.717, 1.165) is 6.42 Å². The van der Waals surface area contributed by atoms with Crippen LogP contribution >= 0.6 is 0 Å². The zero-order chi connectivity index (χ0) is 12.4. The van der Waals surface area contributed by atoms with Crippen molar-refractivity contribution in [2.45, 2.75) is 34.1 Å². The van der Waals surface area contributed by atoms with Crippen molar-refractivity contribution in [2.24, 2.45) is 11.8 Å². The lowest BCUT2D eigenvalue weighted by Gasteiger charge is -2.13. The third kappa shape index (κ3) is 2.52. The predicted molar refractivity (Wildman–Crippen MR) is 75.7 cm³/mol. The third-order valence-corrected chi connectivity index (χ3v) is 3.54. The van der Waals surface area contributed by atoms with E-state index in [0.29, 0.717) is 11.8 Å². The van der Waals surface area contributed by atoms with Crippen LogP contribution in [0.15, 0.2) is 47.6 Å². The molecule has 0 radical (unpaired) electrons. The molecule has 0 saturated carbocycles. The standard InChI is InChI=1S/C17H22/c1-12(2)16-10-15(11-17(16)13(3)4)14-8-6-5-7-9-14/h5-10,12-13H,11H2,1-4H3. The zero-order valence-electron chi connectivity index (χ0n) is 11.3. The third-order valence-electron chi connectivity index (χ3n) is 3.54. The second-order valence-corrected chi connectivity index (χ2v) is 5.50. The summed E-state index contributed by atoms with van der Waals surface area (Å²) in [7, 11) is 0. The average Bonchev–Trinajstić information content (AvgIpc) is 2.75. The van der Waals surface area contributed by atoms with Crippen LogP contribution in [-0.2, 0) is 0 Å². The molecule has 0 bridgehead atoms. The first-order valence-electron chi connectivity index (χ1n) is 6.58. The smallest absolute Gasteiger partial charge is 0.00526 e. The molecular weight excluding hydrogens is 204 g/mol. The highest BCUT2D eigenvalue weighted by Gasteiger charge is 2.20. The van der Waals surface area contributed by atoms with Gasteiger partial charge in [-0.3, -0.25) is 0 Å². The Balaban J connectivity index is 2.31. The van der Waals surface area contributed by atoms with Gasteiger partial charge >= 0.3 is 0 Å². The summed E-state index contributed by atoms with van der Waals surface area (Å²) in [6, 6.07) is 10.8. The second kappa shape index (κ2) is 4.91. The van der Waals surface area contributed by atoms with Crippen molar-refractivity contribution >= 4 is 5.57 Å². The second-order valence-electron chi connectivity index (χ2n) is 5.50. The fourth-order valence-electron chi connectivity index (χ4n) is 2.55. The molecule has 17 heavy (non-hydrogen) atoms. The summed E-state index contributed by atoms with van der Waals surface area (Å²) in [5.41, 5.74) is 6.04. The number of benzene rings is 1. The molecule has 1 aliphatic rings. The largest absolute Gasteiger partial charge is 0.0622 e. The lowest BCUT2D eigenvalue weighted by Crippen LogP contribution is -1.99. The van der Waals surface area contributed by atoms with Gasteiger partial charge in [0.15, 0.2) is 0 Å². The van der Waals surface area contributed by atoms with Crippen molar-refractivity contribution in [3.8, 4) is 0 Å². The van der Waals surface area contributed by atoms with Crippen LogP contribution in [0.5, 0.6) is 0 Å². The molecule has 0 amide bonds. The lowest BCUT2D eigenvalue weighted by atomic mass is 9.92. The minimum Gasteiger partial charge on any atom is -0.0622 e. The summed E-state index contributed by atoms with van der Waals surface area (Å²) in [4.78, 5) is 0. The predicted octanol–water partition coefficient (Wildman–Crippen LogP) is 5.08. The highest BCUT2D eigenvalue weighted by Crippen LogP contribution is 2.38. The number of rotatable bonds is 3. The zero-order valence-corrected chi connectivity index (χ0v) is 11.3. The van der Waals surface area contributed by atoms with Crippen LogP contribution in [0.25, 0.3) is 5.57 Å². The van der Waals surface area contributed by atoms with E-state index in [4.69, 9.17) is 0 Å². The summed E-state index contributed by atoms with van der Waals surface area (Å²) in [5.74, 6) is 1.29. The van der Waals surface area contributed by atoms with Gasteiger partial charge < -0.3 is 0 Å². The van der Waals surface area contributed by atoms with E-state index in [-0.39, 0.29) is 0 Å². The molecule has 0 aromatic heterocycles. The Morgan fingerprint density at radius 1 is 0.882 bits per heavy atom. The molecule has 0 spiro atoms. The Bertz CT molecular complexity index is 444. The van der Waals surface area contributed by atoms with Gasteiger partial charge in [-0.15, -0.1) is 0 Å². The Kier molecular flexibility index (Phi) is 3.51. The topological polar surface area (TPSA) is 0 Å². The number of hydrogen-bond acceptors (Lipinski definition) is 0. The van der Waals surface area contributed by atoms with Crippen LogP contribution in [-0.4, -0.2) is 0 Å². The molecule has 0 N–H and O–H groups in total. The molecule has 1 aromatic rings. The van der Waals surface area contributed by atoms with Gasteiger partial charge in [0.1, 0.15) is 0 Å². The summed E-state index contributed by atoms with van der Waals surface area (Å²) >= 11 is 0. The molecular formula is C17H22. The highest BCUT2D eigenvalue weighted by atomic mass is 14.3. The fourth-order valence-corrected chi connectivity index (χ4v) is 2.55. The molecule has 2 rings (SSSR count). The van der Waals surface area contributed by atoms with Crippen molar-refractivity contribution in [3.05, 3.63) is 53.1 Å². The normalized spacial score (nSPS) is 16.0. The van der Waals surface area contributed by atoms with E-state index in [1.165, 1.54) is 11.1 Å². The maximum Gasteiger partial charge on any atom is -0.00526 e. The summed E-state index contributed by atoms with van der Waals surface area (Å²) in [6.45, 7) is 9.20. The molecule has 0 unspecified atom stereocenters. The van der Waals surface area contributed by atoms with Crippen LogP contribution in [0.4, 0.5) is 0 Å². The quantitative estimate of drug-likeness (QED) is 0.674. The van der Waals surface area contributed by atoms with Crippen molar-refractivity contribution in [2.75, 3.05) is 0 Å². The molecule has 0 atom stereocenters. The molecule has 0 nitrogen and oxygen atoms in total. The van der Waals surface area contributed by atoms with Crippen LogP contribution in [0.1, 0.15) is 39.7 Å². The molecule has 0 heteroatoms. The Hall–Kier alpha value is -1.30. The molecule has 0 fully saturated rings. The van der Waals surface area contributed by atoms with Crippen LogP contribution in [0, 0.1) is 11.8 Å². The first kappa shape index (κ1) is 12.2. The Labute approximate surface area is 105 Å². The molecule has 90 valence electrons.